The van der Waals surface area contributed by atoms with Gasteiger partial charge in [-0.15, -0.1) is 0 Å². The van der Waals surface area contributed by atoms with Gasteiger partial charge < -0.3 is 15.1 Å². The van der Waals surface area contributed by atoms with E-state index in [9.17, 15) is 9.59 Å². The Morgan fingerprint density at radius 1 is 1.00 bits per heavy atom. The minimum Gasteiger partial charge on any atom is -0.340 e. The van der Waals surface area contributed by atoms with E-state index < -0.39 is 5.41 Å². The predicted octanol–water partition coefficient (Wildman–Crippen LogP) is 4.08. The minimum atomic E-state index is -0.397. The van der Waals surface area contributed by atoms with E-state index in [0.29, 0.717) is 26.2 Å². The Kier molecular flexibility index (Phi) is 6.24. The average molecular weight is 355 g/mol. The van der Waals surface area contributed by atoms with Crippen molar-refractivity contribution in [1.82, 2.24) is 9.80 Å². The number of carbonyl (C=O) groups is 2. The highest BCUT2D eigenvalue weighted by molar-refractivity contribution is 5.90. The van der Waals surface area contributed by atoms with Crippen LogP contribution < -0.4 is 5.32 Å². The quantitative estimate of drug-likeness (QED) is 0.888. The van der Waals surface area contributed by atoms with Crippen molar-refractivity contribution in [2.45, 2.75) is 27.2 Å². The molecule has 0 aromatic heterocycles. The third-order valence-electron chi connectivity index (χ3n) is 4.49. The normalized spacial score (nSPS) is 15.2. The molecule has 5 nitrogen and oxygen atoms in total. The number of benzene rings is 1. The van der Waals surface area contributed by atoms with Gasteiger partial charge in [-0.2, -0.15) is 0 Å². The molecule has 1 N–H and O–H groups in total. The van der Waals surface area contributed by atoms with Gasteiger partial charge in [-0.3, -0.25) is 4.79 Å². The molecule has 1 aliphatic heterocycles. The molecule has 5 heteroatoms. The highest BCUT2D eigenvalue weighted by Crippen LogP contribution is 2.20. The number of hydrogen-bond acceptors (Lipinski definition) is 2. The Morgan fingerprint density at radius 3 is 2.23 bits per heavy atom. The number of nitrogens with one attached hydrogen (secondary N) is 1. The zero-order chi connectivity index (χ0) is 19.3. The summed E-state index contributed by atoms with van der Waals surface area (Å²) in [4.78, 5) is 28.7. The third kappa shape index (κ3) is 4.75. The number of anilines is 1. The summed E-state index contributed by atoms with van der Waals surface area (Å²) in [6.45, 7) is 15.8. The van der Waals surface area contributed by atoms with Crippen molar-refractivity contribution < 1.29 is 9.59 Å². The second-order valence-electron chi connectivity index (χ2n) is 7.56. The van der Waals surface area contributed by atoms with E-state index in [2.05, 4.69) is 18.5 Å². The largest absolute Gasteiger partial charge is 0.340 e. The molecule has 0 unspecified atom stereocenters. The van der Waals surface area contributed by atoms with Crippen molar-refractivity contribution in [2.24, 2.45) is 5.41 Å². The van der Waals surface area contributed by atoms with Crippen LogP contribution in [0.3, 0.4) is 0 Å². The van der Waals surface area contributed by atoms with Crippen LogP contribution >= 0.6 is 0 Å². The van der Waals surface area contributed by atoms with Crippen LogP contribution in [0.15, 0.2) is 31.4 Å². The Labute approximate surface area is 156 Å². The van der Waals surface area contributed by atoms with Crippen LogP contribution in [0.1, 0.15) is 38.3 Å². The molecule has 0 spiro atoms. The molecular weight excluding hydrogens is 326 g/mol. The summed E-state index contributed by atoms with van der Waals surface area (Å²) in [7, 11) is 0. The van der Waals surface area contributed by atoms with E-state index in [-0.39, 0.29) is 11.9 Å². The minimum absolute atomic E-state index is 0.135. The van der Waals surface area contributed by atoms with E-state index in [1.165, 1.54) is 0 Å². The monoisotopic (exact) mass is 355 g/mol. The second-order valence-corrected chi connectivity index (χ2v) is 7.56. The van der Waals surface area contributed by atoms with E-state index in [1.807, 2.05) is 43.9 Å². The van der Waals surface area contributed by atoms with Crippen LogP contribution in [0, 0.1) is 5.41 Å². The lowest BCUT2D eigenvalue weighted by Crippen LogP contribution is -2.42. The van der Waals surface area contributed by atoms with Gasteiger partial charge in [0.1, 0.15) is 0 Å². The van der Waals surface area contributed by atoms with Gasteiger partial charge >= 0.3 is 6.03 Å². The summed E-state index contributed by atoms with van der Waals surface area (Å²) in [5, 5.41) is 2.94. The Hall–Kier alpha value is -2.56. The fourth-order valence-corrected chi connectivity index (χ4v) is 3.02. The molecule has 1 aliphatic rings. The highest BCUT2D eigenvalue weighted by Gasteiger charge is 2.29. The van der Waals surface area contributed by atoms with Gasteiger partial charge in [-0.05, 0) is 29.7 Å². The molecule has 0 saturated carbocycles. The number of carbonyl (C=O) groups excluding carboxylic acids is 2. The van der Waals surface area contributed by atoms with Crippen molar-refractivity contribution in [2.75, 3.05) is 31.5 Å². The molecule has 1 aromatic carbocycles. The molecule has 26 heavy (non-hydrogen) atoms. The predicted molar refractivity (Wildman–Crippen MR) is 108 cm³/mol. The summed E-state index contributed by atoms with van der Waals surface area (Å²) >= 11 is 0. The van der Waals surface area contributed by atoms with Crippen molar-refractivity contribution in [3.8, 4) is 0 Å². The third-order valence-corrected chi connectivity index (χ3v) is 4.49. The molecule has 0 bridgehead atoms. The Morgan fingerprint density at radius 2 is 1.62 bits per heavy atom. The zero-order valence-electron chi connectivity index (χ0n) is 16.0. The summed E-state index contributed by atoms with van der Waals surface area (Å²) in [6.07, 6.45) is 4.29. The fourth-order valence-electron chi connectivity index (χ4n) is 3.02. The number of rotatable bonds is 3. The van der Waals surface area contributed by atoms with Gasteiger partial charge in [0, 0.05) is 37.3 Å². The number of amides is 3. The van der Waals surface area contributed by atoms with E-state index >= 15 is 0 Å². The van der Waals surface area contributed by atoms with Crippen LogP contribution in [0.5, 0.6) is 0 Å². The summed E-state index contributed by atoms with van der Waals surface area (Å²) < 4.78 is 0. The first-order valence-electron chi connectivity index (χ1n) is 9.00. The van der Waals surface area contributed by atoms with E-state index in [4.69, 9.17) is 0 Å². The van der Waals surface area contributed by atoms with Gasteiger partial charge in [-0.25, -0.2) is 4.79 Å². The van der Waals surface area contributed by atoms with Crippen molar-refractivity contribution in [1.29, 1.82) is 0 Å². The number of hydrogen-bond donors (Lipinski definition) is 1. The van der Waals surface area contributed by atoms with Gasteiger partial charge in [0.2, 0.25) is 5.91 Å². The Balaban J connectivity index is 2.01. The zero-order valence-corrected chi connectivity index (χ0v) is 16.0. The van der Waals surface area contributed by atoms with Crippen molar-refractivity contribution >= 4 is 29.8 Å². The average Bonchev–Trinajstić information content (AvgIpc) is 2.86. The maximum Gasteiger partial charge on any atom is 0.321 e. The fraction of sp³-hybridized carbons (Fsp3) is 0.429. The molecule has 3 amide bonds. The lowest BCUT2D eigenvalue weighted by molar-refractivity contribution is -0.139. The van der Waals surface area contributed by atoms with E-state index in [1.54, 1.807) is 17.1 Å². The summed E-state index contributed by atoms with van der Waals surface area (Å²) in [6, 6.07) is 5.51. The molecule has 0 radical (unpaired) electrons. The molecule has 1 fully saturated rings. The van der Waals surface area contributed by atoms with Crippen LogP contribution in [0.4, 0.5) is 10.5 Å². The molecular formula is C21H29N3O2. The van der Waals surface area contributed by atoms with Gasteiger partial charge in [-0.1, -0.05) is 52.1 Å². The van der Waals surface area contributed by atoms with Gasteiger partial charge in [0.25, 0.3) is 0 Å². The molecule has 1 saturated heterocycles. The molecule has 1 heterocycles. The van der Waals surface area contributed by atoms with Crippen molar-refractivity contribution in [3.63, 3.8) is 0 Å². The van der Waals surface area contributed by atoms with Gasteiger partial charge in [0.05, 0.1) is 0 Å². The first kappa shape index (κ1) is 19.8. The van der Waals surface area contributed by atoms with E-state index in [0.717, 1.165) is 23.2 Å². The molecule has 2 rings (SSSR count). The van der Waals surface area contributed by atoms with Crippen molar-refractivity contribution in [3.05, 3.63) is 42.5 Å². The second kappa shape index (κ2) is 8.21. The molecule has 1 aromatic rings. The van der Waals surface area contributed by atoms with Crippen LogP contribution in [0.2, 0.25) is 0 Å². The topological polar surface area (TPSA) is 52.7 Å². The molecule has 0 atom stereocenters. The molecule has 140 valence electrons. The standard InChI is InChI=1S/C21H29N3O2/c1-6-16-9-10-18(15-17(16)7-2)22-20(26)24-12-8-11-23(13-14-24)19(25)21(3,4)5/h6-7,9-10,15H,1-2,8,11-14H2,3-5H3,(H,22,26). The smallest absolute Gasteiger partial charge is 0.321 e. The maximum absolute atomic E-state index is 12.6. The summed E-state index contributed by atoms with van der Waals surface area (Å²) in [5.41, 5.74) is 2.23. The SMILES string of the molecule is C=Cc1ccc(NC(=O)N2CCCN(C(=O)C(C)(C)C)CC2)cc1C=C. The van der Waals surface area contributed by atoms with Crippen LogP contribution in [0.25, 0.3) is 12.2 Å². The van der Waals surface area contributed by atoms with Crippen LogP contribution in [-0.4, -0.2) is 47.9 Å². The molecule has 0 aliphatic carbocycles. The maximum atomic E-state index is 12.6. The van der Waals surface area contributed by atoms with Gasteiger partial charge in [0.15, 0.2) is 0 Å². The lowest BCUT2D eigenvalue weighted by Gasteiger charge is -2.28. The first-order valence-corrected chi connectivity index (χ1v) is 9.00. The first-order chi connectivity index (χ1) is 12.3. The lowest BCUT2D eigenvalue weighted by atomic mass is 9.94. The number of urea groups is 1. The Bertz CT molecular complexity index is 704. The summed E-state index contributed by atoms with van der Waals surface area (Å²) in [5.74, 6) is 0.135. The number of nitrogens with zero attached hydrogens (tertiary/aromatic N) is 2. The van der Waals surface area contributed by atoms with Crippen LogP contribution in [-0.2, 0) is 4.79 Å². The highest BCUT2D eigenvalue weighted by atomic mass is 16.2.